The number of aliphatic hydroxyl groups is 1. The molecule has 0 unspecified atom stereocenters. The van der Waals surface area contributed by atoms with Gasteiger partial charge in [0.2, 0.25) is 5.91 Å². The van der Waals surface area contributed by atoms with Gasteiger partial charge in [0.05, 0.1) is 34.4 Å². The van der Waals surface area contributed by atoms with Gasteiger partial charge in [0.25, 0.3) is 0 Å². The molecule has 8 heteroatoms. The zero-order valence-corrected chi connectivity index (χ0v) is 18.9. The summed E-state index contributed by atoms with van der Waals surface area (Å²) in [6.07, 6.45) is 0. The fourth-order valence-corrected chi connectivity index (χ4v) is 5.16. The lowest BCUT2D eigenvalue weighted by atomic mass is 10.2. The summed E-state index contributed by atoms with van der Waals surface area (Å²) in [5, 5.41) is 9.80. The van der Waals surface area contributed by atoms with Crippen molar-refractivity contribution in [1.82, 2.24) is 18.3 Å². The number of rotatable bonds is 4. The molecular weight excluding hydrogens is 420 g/mol. The fraction of sp³-hybridized carbons (Fsp3) is 0.409. The van der Waals surface area contributed by atoms with Gasteiger partial charge in [-0.2, -0.15) is 0 Å². The Labute approximate surface area is 185 Å². The highest BCUT2D eigenvalue weighted by Crippen LogP contribution is 2.28. The number of hydrogen-bond donors (Lipinski definition) is 1. The van der Waals surface area contributed by atoms with Crippen molar-refractivity contribution in [3.63, 3.8) is 0 Å². The van der Waals surface area contributed by atoms with Crippen molar-refractivity contribution < 1.29 is 9.90 Å². The maximum atomic E-state index is 13.6. The van der Waals surface area contributed by atoms with Crippen LogP contribution in [0.5, 0.6) is 0 Å². The van der Waals surface area contributed by atoms with Crippen molar-refractivity contribution >= 4 is 50.3 Å². The van der Waals surface area contributed by atoms with Crippen molar-refractivity contribution in [2.75, 3.05) is 45.9 Å². The van der Waals surface area contributed by atoms with E-state index >= 15 is 0 Å². The van der Waals surface area contributed by atoms with Crippen LogP contribution in [-0.4, -0.2) is 75.2 Å². The summed E-state index contributed by atoms with van der Waals surface area (Å²) >= 11 is 8.08. The Balaban J connectivity index is 1.79. The molecule has 1 fully saturated rings. The van der Waals surface area contributed by atoms with E-state index in [9.17, 15) is 4.79 Å². The van der Waals surface area contributed by atoms with Crippen LogP contribution < -0.4 is 0 Å². The van der Waals surface area contributed by atoms with E-state index < -0.39 is 0 Å². The zero-order chi connectivity index (χ0) is 21.3. The SMILES string of the molecule is Cc1cc2sn(C)c3ccccc3n(C(=O)CN3CCN(CCO)CC3)c2cc1Cl. The Kier molecular flexibility index (Phi) is 6.46. The van der Waals surface area contributed by atoms with Gasteiger partial charge in [-0.1, -0.05) is 35.3 Å². The molecule has 0 bridgehead atoms. The van der Waals surface area contributed by atoms with Gasteiger partial charge in [-0.3, -0.25) is 23.1 Å². The van der Waals surface area contributed by atoms with Crippen molar-refractivity contribution in [2.24, 2.45) is 7.05 Å². The Morgan fingerprint density at radius 3 is 2.43 bits per heavy atom. The molecule has 4 rings (SSSR count). The van der Waals surface area contributed by atoms with Crippen LogP contribution in [0.4, 0.5) is 0 Å². The smallest absolute Gasteiger partial charge is 0.245 e. The second kappa shape index (κ2) is 9.08. The zero-order valence-electron chi connectivity index (χ0n) is 17.3. The van der Waals surface area contributed by atoms with E-state index in [-0.39, 0.29) is 12.5 Å². The molecule has 0 atom stereocenters. The van der Waals surface area contributed by atoms with Crippen LogP contribution in [0, 0.1) is 6.92 Å². The van der Waals surface area contributed by atoms with Crippen molar-refractivity contribution in [2.45, 2.75) is 6.92 Å². The number of nitrogens with zero attached hydrogens (tertiary/aromatic N) is 4. The topological polar surface area (TPSA) is 53.6 Å². The number of hydrogen-bond acceptors (Lipinski definition) is 5. The molecule has 6 nitrogen and oxygen atoms in total. The second-order valence-corrected chi connectivity index (χ2v) is 9.29. The molecule has 1 saturated heterocycles. The van der Waals surface area contributed by atoms with Gasteiger partial charge in [-0.15, -0.1) is 0 Å². The predicted molar refractivity (Wildman–Crippen MR) is 124 cm³/mol. The van der Waals surface area contributed by atoms with Crippen molar-refractivity contribution in [3.8, 4) is 0 Å². The average molecular weight is 447 g/mol. The van der Waals surface area contributed by atoms with Crippen LogP contribution in [0.1, 0.15) is 10.4 Å². The summed E-state index contributed by atoms with van der Waals surface area (Å²) < 4.78 is 4.94. The number of aliphatic hydroxyl groups excluding tert-OH is 1. The van der Waals surface area contributed by atoms with E-state index in [0.29, 0.717) is 18.1 Å². The fourth-order valence-electron chi connectivity index (χ4n) is 3.98. The number of β-amino-alcohol motifs (C(OH)–C–C–N with tert-alkyl or cyclic N) is 1. The largest absolute Gasteiger partial charge is 0.395 e. The lowest BCUT2D eigenvalue weighted by molar-refractivity contribution is 0.0760. The van der Waals surface area contributed by atoms with E-state index in [2.05, 4.69) is 19.8 Å². The molecule has 0 radical (unpaired) electrons. The number of carbonyl (C=O) groups excluding carboxylic acids is 1. The van der Waals surface area contributed by atoms with Crippen LogP contribution in [0.15, 0.2) is 36.4 Å². The van der Waals surface area contributed by atoms with Gasteiger partial charge in [-0.05, 0) is 36.8 Å². The van der Waals surface area contributed by atoms with Crippen LogP contribution in [-0.2, 0) is 7.05 Å². The van der Waals surface area contributed by atoms with Crippen LogP contribution in [0.3, 0.4) is 0 Å². The maximum Gasteiger partial charge on any atom is 0.245 e. The molecule has 3 aromatic rings. The lowest BCUT2D eigenvalue weighted by Gasteiger charge is -2.33. The molecule has 0 saturated carbocycles. The first-order chi connectivity index (χ1) is 14.5. The number of aryl methyl sites for hydroxylation is 2. The highest BCUT2D eigenvalue weighted by Gasteiger charge is 2.21. The van der Waals surface area contributed by atoms with Gasteiger partial charge in [-0.25, -0.2) is 0 Å². The van der Waals surface area contributed by atoms with Crippen molar-refractivity contribution in [3.05, 3.63) is 47.0 Å². The molecule has 1 N–H and O–H groups in total. The summed E-state index contributed by atoms with van der Waals surface area (Å²) in [5.74, 6) is 0.0372. The summed E-state index contributed by atoms with van der Waals surface area (Å²) in [6.45, 7) is 6.56. The van der Waals surface area contributed by atoms with Gasteiger partial charge in [0.1, 0.15) is 0 Å². The van der Waals surface area contributed by atoms with Crippen LogP contribution in [0.2, 0.25) is 5.02 Å². The Bertz CT molecular complexity index is 1120. The summed E-state index contributed by atoms with van der Waals surface area (Å²) in [6, 6.07) is 12.0. The normalized spacial score (nSPS) is 15.7. The van der Waals surface area contributed by atoms with Gasteiger partial charge >= 0.3 is 0 Å². The number of fused-ring (bicyclic) bond motifs is 2. The summed E-state index contributed by atoms with van der Waals surface area (Å²) in [5.41, 5.74) is 3.69. The standard InChI is InChI=1S/C22H27ClN4O2S/c1-16-13-21-20(14-17(16)23)27(19-6-4-3-5-18(19)24(2)30-21)22(29)15-26-9-7-25(8-10-26)11-12-28/h3-6,13-14,28H,7-12,15H2,1-2H3. The Morgan fingerprint density at radius 2 is 1.73 bits per heavy atom. The minimum absolute atomic E-state index is 0.0372. The molecular formula is C22H27ClN4O2S. The molecule has 1 aromatic heterocycles. The van der Waals surface area contributed by atoms with Gasteiger partial charge in [0.15, 0.2) is 0 Å². The second-order valence-electron chi connectivity index (χ2n) is 7.72. The van der Waals surface area contributed by atoms with E-state index in [1.54, 1.807) is 11.5 Å². The highest BCUT2D eigenvalue weighted by atomic mass is 35.5. The van der Waals surface area contributed by atoms with Crippen molar-refractivity contribution in [1.29, 1.82) is 0 Å². The number of carbonyl (C=O) groups is 1. The summed E-state index contributed by atoms with van der Waals surface area (Å²) in [4.78, 5) is 18.0. The van der Waals surface area contributed by atoms with Crippen LogP contribution >= 0.6 is 23.1 Å². The first-order valence-corrected chi connectivity index (χ1v) is 11.3. The third-order valence-electron chi connectivity index (χ3n) is 5.67. The van der Waals surface area contributed by atoms with Gasteiger partial charge in [0, 0.05) is 44.8 Å². The number of para-hydroxylation sites is 2. The van der Waals surface area contributed by atoms with E-state index in [4.69, 9.17) is 16.7 Å². The lowest BCUT2D eigenvalue weighted by Crippen LogP contribution is -2.49. The van der Waals surface area contributed by atoms with Gasteiger partial charge < -0.3 is 5.11 Å². The third-order valence-corrected chi connectivity index (χ3v) is 7.07. The van der Waals surface area contributed by atoms with E-state index in [0.717, 1.165) is 53.0 Å². The number of piperazine rings is 1. The molecule has 1 aliphatic rings. The third kappa shape index (κ3) is 4.26. The Morgan fingerprint density at radius 1 is 1.07 bits per heavy atom. The summed E-state index contributed by atoms with van der Waals surface area (Å²) in [7, 11) is 2.02. The first-order valence-electron chi connectivity index (χ1n) is 10.2. The monoisotopic (exact) mass is 446 g/mol. The van der Waals surface area contributed by atoms with E-state index in [1.165, 1.54) is 0 Å². The maximum absolute atomic E-state index is 13.6. The first kappa shape index (κ1) is 21.3. The molecule has 0 aliphatic carbocycles. The molecule has 30 heavy (non-hydrogen) atoms. The quantitative estimate of drug-likeness (QED) is 0.666. The number of aromatic nitrogens is 2. The number of benzene rings is 2. The van der Waals surface area contributed by atoms with Crippen LogP contribution in [0.25, 0.3) is 21.3 Å². The minimum Gasteiger partial charge on any atom is -0.395 e. The predicted octanol–water partition coefficient (Wildman–Crippen LogP) is 3.53. The Hall–Kier alpha value is -1.90. The highest BCUT2D eigenvalue weighted by molar-refractivity contribution is 7.13. The minimum atomic E-state index is 0.0372. The molecule has 1 aliphatic heterocycles. The molecule has 2 aromatic carbocycles. The molecule has 160 valence electrons. The van der Waals surface area contributed by atoms with E-state index in [1.807, 2.05) is 48.9 Å². The molecule has 0 amide bonds. The number of halogens is 1. The molecule has 0 spiro atoms. The molecule has 2 heterocycles. The average Bonchev–Trinajstić information content (AvgIpc) is 2.84.